The van der Waals surface area contributed by atoms with Gasteiger partial charge in [0.25, 0.3) is 5.91 Å². The van der Waals surface area contributed by atoms with E-state index in [9.17, 15) is 4.79 Å². The van der Waals surface area contributed by atoms with Crippen LogP contribution in [-0.2, 0) is 6.54 Å². The fourth-order valence-corrected chi connectivity index (χ4v) is 2.37. The Labute approximate surface area is 138 Å². The number of anilines is 1. The van der Waals surface area contributed by atoms with Crippen LogP contribution >= 0.6 is 0 Å². The molecule has 1 aromatic carbocycles. The molecule has 0 fully saturated rings. The van der Waals surface area contributed by atoms with Crippen LogP contribution < -0.4 is 5.32 Å². The lowest BCUT2D eigenvalue weighted by molar-refractivity contribution is 0.0784. The van der Waals surface area contributed by atoms with Crippen molar-refractivity contribution >= 4 is 11.7 Å². The van der Waals surface area contributed by atoms with Crippen LogP contribution in [0, 0.1) is 0 Å². The molecule has 0 aliphatic rings. The van der Waals surface area contributed by atoms with Crippen LogP contribution in [0.5, 0.6) is 0 Å². The molecule has 0 radical (unpaired) electrons. The number of amides is 1. The van der Waals surface area contributed by atoms with Gasteiger partial charge in [-0.1, -0.05) is 50.1 Å². The van der Waals surface area contributed by atoms with E-state index in [0.717, 1.165) is 24.3 Å². The predicted octanol–water partition coefficient (Wildman–Crippen LogP) is 3.96. The number of pyridine rings is 1. The third kappa shape index (κ3) is 5.40. The van der Waals surface area contributed by atoms with Gasteiger partial charge in [-0.2, -0.15) is 0 Å². The third-order valence-electron chi connectivity index (χ3n) is 3.71. The molecular formula is C19H25N3O. The van der Waals surface area contributed by atoms with E-state index >= 15 is 0 Å². The summed E-state index contributed by atoms with van der Waals surface area (Å²) in [4.78, 5) is 18.5. The Morgan fingerprint density at radius 1 is 1.13 bits per heavy atom. The SMILES string of the molecule is CCCCCNc1ccc(C(=O)N(C)Cc2ccccc2)cn1. The summed E-state index contributed by atoms with van der Waals surface area (Å²) in [6.07, 6.45) is 5.20. The lowest BCUT2D eigenvalue weighted by atomic mass is 10.2. The minimum Gasteiger partial charge on any atom is -0.370 e. The molecule has 1 heterocycles. The number of carbonyl (C=O) groups is 1. The van der Waals surface area contributed by atoms with Crippen LogP contribution in [0.25, 0.3) is 0 Å². The number of hydrogen-bond donors (Lipinski definition) is 1. The number of nitrogens with zero attached hydrogens (tertiary/aromatic N) is 2. The summed E-state index contributed by atoms with van der Waals surface area (Å²) >= 11 is 0. The minimum atomic E-state index is -0.0149. The van der Waals surface area contributed by atoms with E-state index < -0.39 is 0 Å². The first-order chi connectivity index (χ1) is 11.2. The number of benzene rings is 1. The normalized spacial score (nSPS) is 10.3. The molecule has 23 heavy (non-hydrogen) atoms. The van der Waals surface area contributed by atoms with Crippen molar-refractivity contribution in [1.82, 2.24) is 9.88 Å². The zero-order valence-corrected chi connectivity index (χ0v) is 14.0. The number of carbonyl (C=O) groups excluding carboxylic acids is 1. The van der Waals surface area contributed by atoms with E-state index in [4.69, 9.17) is 0 Å². The first-order valence-corrected chi connectivity index (χ1v) is 8.20. The first-order valence-electron chi connectivity index (χ1n) is 8.20. The van der Waals surface area contributed by atoms with E-state index in [1.54, 1.807) is 11.1 Å². The quantitative estimate of drug-likeness (QED) is 0.751. The summed E-state index contributed by atoms with van der Waals surface area (Å²) < 4.78 is 0. The third-order valence-corrected chi connectivity index (χ3v) is 3.71. The Morgan fingerprint density at radius 3 is 2.57 bits per heavy atom. The highest BCUT2D eigenvalue weighted by Gasteiger charge is 2.12. The number of nitrogens with one attached hydrogen (secondary N) is 1. The maximum absolute atomic E-state index is 12.4. The average molecular weight is 311 g/mol. The predicted molar refractivity (Wildman–Crippen MR) is 94.5 cm³/mol. The maximum Gasteiger partial charge on any atom is 0.255 e. The lowest BCUT2D eigenvalue weighted by Crippen LogP contribution is -2.26. The van der Waals surface area contributed by atoms with Gasteiger partial charge >= 0.3 is 0 Å². The standard InChI is InChI=1S/C19H25N3O/c1-3-4-8-13-20-18-12-11-17(14-21-18)19(23)22(2)15-16-9-6-5-7-10-16/h5-7,9-12,14H,3-4,8,13,15H2,1-2H3,(H,20,21). The van der Waals surface area contributed by atoms with Crippen LogP contribution in [0.4, 0.5) is 5.82 Å². The van der Waals surface area contributed by atoms with Gasteiger partial charge in [0.15, 0.2) is 0 Å². The van der Waals surface area contributed by atoms with E-state index in [0.29, 0.717) is 12.1 Å². The van der Waals surface area contributed by atoms with Gasteiger partial charge in [0.2, 0.25) is 0 Å². The van der Waals surface area contributed by atoms with Gasteiger partial charge in [0.05, 0.1) is 5.56 Å². The summed E-state index contributed by atoms with van der Waals surface area (Å²) in [6.45, 7) is 3.70. The highest BCUT2D eigenvalue weighted by Crippen LogP contribution is 2.10. The highest BCUT2D eigenvalue weighted by atomic mass is 16.2. The van der Waals surface area contributed by atoms with E-state index in [1.807, 2.05) is 49.5 Å². The number of rotatable bonds is 8. The van der Waals surface area contributed by atoms with Crippen LogP contribution in [0.3, 0.4) is 0 Å². The zero-order valence-electron chi connectivity index (χ0n) is 14.0. The molecule has 0 aliphatic carbocycles. The monoisotopic (exact) mass is 311 g/mol. The Balaban J connectivity index is 1.89. The highest BCUT2D eigenvalue weighted by molar-refractivity contribution is 5.93. The van der Waals surface area contributed by atoms with Crippen molar-refractivity contribution < 1.29 is 4.79 Å². The maximum atomic E-state index is 12.4. The summed E-state index contributed by atoms with van der Waals surface area (Å²) in [5.74, 6) is 0.808. The van der Waals surface area contributed by atoms with Crippen molar-refractivity contribution in [3.63, 3.8) is 0 Å². The van der Waals surface area contributed by atoms with Crippen molar-refractivity contribution in [2.75, 3.05) is 18.9 Å². The topological polar surface area (TPSA) is 45.2 Å². The molecule has 1 N–H and O–H groups in total. The molecule has 4 heteroatoms. The summed E-state index contributed by atoms with van der Waals surface area (Å²) in [5.41, 5.74) is 1.73. The van der Waals surface area contributed by atoms with Gasteiger partial charge < -0.3 is 10.2 Å². The van der Waals surface area contributed by atoms with Gasteiger partial charge in [-0.25, -0.2) is 4.98 Å². The Bertz CT molecular complexity index is 596. The van der Waals surface area contributed by atoms with Crippen LogP contribution in [0.1, 0.15) is 42.1 Å². The van der Waals surface area contributed by atoms with Gasteiger partial charge in [-0.05, 0) is 24.1 Å². The molecule has 1 amide bonds. The van der Waals surface area contributed by atoms with Crippen molar-refractivity contribution in [1.29, 1.82) is 0 Å². The van der Waals surface area contributed by atoms with E-state index in [1.165, 1.54) is 12.8 Å². The Morgan fingerprint density at radius 2 is 1.91 bits per heavy atom. The molecule has 0 aliphatic heterocycles. The number of unbranched alkanes of at least 4 members (excludes halogenated alkanes) is 2. The molecule has 0 bridgehead atoms. The second kappa shape index (κ2) is 8.93. The molecule has 0 unspecified atom stereocenters. The Hall–Kier alpha value is -2.36. The van der Waals surface area contributed by atoms with Crippen LogP contribution in [0.2, 0.25) is 0 Å². The van der Waals surface area contributed by atoms with Gasteiger partial charge in [-0.3, -0.25) is 4.79 Å². The first kappa shape index (κ1) is 17.0. The molecule has 122 valence electrons. The molecule has 2 aromatic rings. The largest absolute Gasteiger partial charge is 0.370 e. The fraction of sp³-hybridized carbons (Fsp3) is 0.368. The molecule has 0 saturated carbocycles. The molecule has 0 saturated heterocycles. The van der Waals surface area contributed by atoms with Crippen molar-refractivity contribution in [3.8, 4) is 0 Å². The fourth-order valence-electron chi connectivity index (χ4n) is 2.37. The number of aromatic nitrogens is 1. The second-order valence-electron chi connectivity index (χ2n) is 5.71. The van der Waals surface area contributed by atoms with Gasteiger partial charge in [-0.15, -0.1) is 0 Å². The molecular weight excluding hydrogens is 286 g/mol. The molecule has 2 rings (SSSR count). The number of hydrogen-bond acceptors (Lipinski definition) is 3. The lowest BCUT2D eigenvalue weighted by Gasteiger charge is -2.17. The molecule has 0 spiro atoms. The van der Waals surface area contributed by atoms with E-state index in [2.05, 4.69) is 17.2 Å². The second-order valence-corrected chi connectivity index (χ2v) is 5.71. The van der Waals surface area contributed by atoms with Crippen molar-refractivity contribution in [2.45, 2.75) is 32.7 Å². The molecule has 4 nitrogen and oxygen atoms in total. The molecule has 0 atom stereocenters. The van der Waals surface area contributed by atoms with E-state index in [-0.39, 0.29) is 5.91 Å². The Kier molecular flexibility index (Phi) is 6.60. The minimum absolute atomic E-state index is 0.0149. The molecule has 1 aromatic heterocycles. The smallest absolute Gasteiger partial charge is 0.255 e. The average Bonchev–Trinajstić information content (AvgIpc) is 2.59. The van der Waals surface area contributed by atoms with Crippen LogP contribution in [0.15, 0.2) is 48.7 Å². The van der Waals surface area contributed by atoms with Crippen molar-refractivity contribution in [3.05, 3.63) is 59.8 Å². The van der Waals surface area contributed by atoms with Crippen molar-refractivity contribution in [2.24, 2.45) is 0 Å². The van der Waals surface area contributed by atoms with Crippen LogP contribution in [-0.4, -0.2) is 29.4 Å². The summed E-state index contributed by atoms with van der Waals surface area (Å²) in [6, 6.07) is 13.7. The summed E-state index contributed by atoms with van der Waals surface area (Å²) in [5, 5.41) is 3.28. The summed E-state index contributed by atoms with van der Waals surface area (Å²) in [7, 11) is 1.81. The zero-order chi connectivity index (χ0) is 16.5. The van der Waals surface area contributed by atoms with Gasteiger partial charge in [0.1, 0.15) is 5.82 Å². The van der Waals surface area contributed by atoms with Gasteiger partial charge in [0, 0.05) is 26.3 Å².